The maximum absolute atomic E-state index is 10.8. The topological polar surface area (TPSA) is 122 Å². The van der Waals surface area contributed by atoms with E-state index in [0.29, 0.717) is 0 Å². The van der Waals surface area contributed by atoms with Gasteiger partial charge in [0.15, 0.2) is 0 Å². The van der Waals surface area contributed by atoms with Gasteiger partial charge in [0, 0.05) is 6.92 Å². The van der Waals surface area contributed by atoms with Gasteiger partial charge in [-0.05, 0) is 6.42 Å². The van der Waals surface area contributed by atoms with Gasteiger partial charge in [0.2, 0.25) is 5.91 Å². The molecule has 0 aromatic rings. The van der Waals surface area contributed by atoms with Crippen molar-refractivity contribution in [2.24, 2.45) is 0 Å². The highest BCUT2D eigenvalue weighted by molar-refractivity contribution is 7.80. The van der Waals surface area contributed by atoms with E-state index in [2.05, 4.69) is 9.50 Å². The van der Waals surface area contributed by atoms with Crippen LogP contribution < -0.4 is 5.32 Å². The van der Waals surface area contributed by atoms with Crippen molar-refractivity contribution < 1.29 is 31.8 Å². The van der Waals surface area contributed by atoms with E-state index >= 15 is 0 Å². The van der Waals surface area contributed by atoms with E-state index in [1.165, 1.54) is 6.92 Å². The fourth-order valence-electron chi connectivity index (χ4n) is 1.56. The van der Waals surface area contributed by atoms with Gasteiger partial charge in [0.25, 0.3) is 0 Å². The van der Waals surface area contributed by atoms with Gasteiger partial charge >= 0.3 is 10.4 Å². The van der Waals surface area contributed by atoms with Gasteiger partial charge in [-0.3, -0.25) is 9.35 Å². The summed E-state index contributed by atoms with van der Waals surface area (Å²) in [6.07, 6.45) is -1.58. The van der Waals surface area contributed by atoms with E-state index in [-0.39, 0.29) is 25.0 Å². The van der Waals surface area contributed by atoms with Crippen LogP contribution in [0.25, 0.3) is 0 Å². The van der Waals surface area contributed by atoms with Crippen molar-refractivity contribution in [1.82, 2.24) is 5.32 Å². The molecule has 9 heteroatoms. The molecule has 0 spiro atoms. The Kier molecular flexibility index (Phi) is 4.83. The lowest BCUT2D eigenvalue weighted by Gasteiger charge is -2.32. The van der Waals surface area contributed by atoms with Crippen LogP contribution in [-0.2, 0) is 24.1 Å². The Morgan fingerprint density at radius 2 is 2.24 bits per heavy atom. The highest BCUT2D eigenvalue weighted by Crippen LogP contribution is 2.15. The molecule has 0 saturated carbocycles. The lowest BCUT2D eigenvalue weighted by molar-refractivity contribution is -0.126. The Balaban J connectivity index is 2.40. The summed E-state index contributed by atoms with van der Waals surface area (Å²) in [5, 5.41) is 12.2. The minimum absolute atomic E-state index is 0.149. The third-order valence-electron chi connectivity index (χ3n) is 2.26. The first-order valence-electron chi connectivity index (χ1n) is 4.96. The van der Waals surface area contributed by atoms with Crippen molar-refractivity contribution in [2.75, 3.05) is 13.2 Å². The largest absolute Gasteiger partial charge is 0.397 e. The average molecular weight is 269 g/mol. The monoisotopic (exact) mass is 269 g/mol. The van der Waals surface area contributed by atoms with Crippen LogP contribution in [0.5, 0.6) is 0 Å². The summed E-state index contributed by atoms with van der Waals surface area (Å²) < 4.78 is 38.3. The first kappa shape index (κ1) is 14.3. The number of carbonyl (C=O) groups excluding carboxylic acids is 1. The second-order valence-electron chi connectivity index (χ2n) is 3.78. The molecule has 1 heterocycles. The number of ether oxygens (including phenoxy) is 1. The van der Waals surface area contributed by atoms with Gasteiger partial charge in [0.05, 0.1) is 25.4 Å². The summed E-state index contributed by atoms with van der Waals surface area (Å²) in [6, 6.07) is -0.315. The lowest BCUT2D eigenvalue weighted by atomic mass is 10.0. The standard InChI is InChI=1S/C8H15NO7S/c1-5(10)9-6-2-7(11)8(15-3-6)4-16-17(12,13)14/h6-8,11H,2-4H2,1H3,(H,9,10)(H,12,13,14)/t6?,7-,8?/m1/s1. The van der Waals surface area contributed by atoms with E-state index in [9.17, 15) is 18.3 Å². The summed E-state index contributed by atoms with van der Waals surface area (Å²) in [5.41, 5.74) is 0. The molecule has 0 aromatic carbocycles. The SMILES string of the molecule is CC(=O)NC1COC(COS(=O)(=O)O)[C@H](O)C1. The van der Waals surface area contributed by atoms with E-state index < -0.39 is 29.2 Å². The second-order valence-corrected chi connectivity index (χ2v) is 4.88. The molecule has 0 aliphatic carbocycles. The number of amides is 1. The maximum Gasteiger partial charge on any atom is 0.397 e. The molecule has 1 rings (SSSR count). The number of aliphatic hydroxyl groups excluding tert-OH is 1. The van der Waals surface area contributed by atoms with Crippen LogP contribution in [0.15, 0.2) is 0 Å². The Morgan fingerprint density at radius 1 is 1.59 bits per heavy atom. The molecule has 1 fully saturated rings. The van der Waals surface area contributed by atoms with E-state index in [1.54, 1.807) is 0 Å². The van der Waals surface area contributed by atoms with Crippen LogP contribution in [0.1, 0.15) is 13.3 Å². The van der Waals surface area contributed by atoms with Gasteiger partial charge in [0.1, 0.15) is 6.10 Å². The number of rotatable bonds is 4. The van der Waals surface area contributed by atoms with Crippen LogP contribution in [0, 0.1) is 0 Å². The second kappa shape index (κ2) is 5.74. The molecule has 1 aliphatic heterocycles. The number of aliphatic hydroxyl groups is 1. The van der Waals surface area contributed by atoms with Gasteiger partial charge < -0.3 is 15.2 Å². The molecule has 0 aromatic heterocycles. The van der Waals surface area contributed by atoms with E-state index in [4.69, 9.17) is 9.29 Å². The number of carbonyl (C=O) groups is 1. The Hall–Kier alpha value is -0.740. The Morgan fingerprint density at radius 3 is 2.71 bits per heavy atom. The zero-order valence-electron chi connectivity index (χ0n) is 9.20. The van der Waals surface area contributed by atoms with Crippen LogP contribution >= 0.6 is 0 Å². The minimum Gasteiger partial charge on any atom is -0.390 e. The van der Waals surface area contributed by atoms with Crippen LogP contribution in [0.4, 0.5) is 0 Å². The first-order valence-corrected chi connectivity index (χ1v) is 6.33. The van der Waals surface area contributed by atoms with Crippen molar-refractivity contribution in [2.45, 2.75) is 31.6 Å². The normalized spacial score (nSPS) is 29.9. The van der Waals surface area contributed by atoms with Gasteiger partial charge in [-0.2, -0.15) is 8.42 Å². The fraction of sp³-hybridized carbons (Fsp3) is 0.875. The Labute approximate surface area is 98.9 Å². The molecule has 3 N–H and O–H groups in total. The smallest absolute Gasteiger partial charge is 0.390 e. The average Bonchev–Trinajstić information content (AvgIpc) is 2.13. The highest BCUT2D eigenvalue weighted by atomic mass is 32.3. The van der Waals surface area contributed by atoms with Crippen molar-refractivity contribution in [3.8, 4) is 0 Å². The van der Waals surface area contributed by atoms with Gasteiger partial charge in [-0.1, -0.05) is 0 Å². The van der Waals surface area contributed by atoms with Crippen molar-refractivity contribution in [3.63, 3.8) is 0 Å². The molecule has 1 aliphatic rings. The van der Waals surface area contributed by atoms with Crippen LogP contribution in [0.3, 0.4) is 0 Å². The molecule has 100 valence electrons. The molecule has 3 atom stereocenters. The van der Waals surface area contributed by atoms with E-state index in [0.717, 1.165) is 0 Å². The molecule has 1 amide bonds. The predicted molar refractivity (Wildman–Crippen MR) is 55.5 cm³/mol. The molecule has 2 unspecified atom stereocenters. The summed E-state index contributed by atoms with van der Waals surface area (Å²) in [7, 11) is -4.54. The molecular weight excluding hydrogens is 254 g/mol. The van der Waals surface area contributed by atoms with Crippen molar-refractivity contribution in [1.29, 1.82) is 0 Å². The highest BCUT2D eigenvalue weighted by Gasteiger charge is 2.31. The summed E-state index contributed by atoms with van der Waals surface area (Å²) in [6.45, 7) is 1.03. The zero-order valence-corrected chi connectivity index (χ0v) is 10.0. The molecule has 17 heavy (non-hydrogen) atoms. The summed E-state index contributed by atoms with van der Waals surface area (Å²) in [4.78, 5) is 10.8. The van der Waals surface area contributed by atoms with E-state index in [1.807, 2.05) is 0 Å². The minimum atomic E-state index is -4.54. The summed E-state index contributed by atoms with van der Waals surface area (Å²) >= 11 is 0. The van der Waals surface area contributed by atoms with Crippen LogP contribution in [-0.4, -0.2) is 55.4 Å². The van der Waals surface area contributed by atoms with Crippen LogP contribution in [0.2, 0.25) is 0 Å². The Bertz CT molecular complexity index is 368. The molecule has 0 radical (unpaired) electrons. The van der Waals surface area contributed by atoms with Crippen molar-refractivity contribution in [3.05, 3.63) is 0 Å². The fourth-order valence-corrected chi connectivity index (χ4v) is 1.87. The first-order chi connectivity index (χ1) is 7.78. The molecular formula is C8H15NO7S. The molecule has 1 saturated heterocycles. The predicted octanol–water partition coefficient (Wildman–Crippen LogP) is -1.54. The molecule has 0 bridgehead atoms. The lowest BCUT2D eigenvalue weighted by Crippen LogP contribution is -2.50. The molecule has 8 nitrogen and oxygen atoms in total. The quantitative estimate of drug-likeness (QED) is 0.529. The summed E-state index contributed by atoms with van der Waals surface area (Å²) in [5.74, 6) is -0.238. The third kappa shape index (κ3) is 5.41. The third-order valence-corrected chi connectivity index (χ3v) is 2.69. The zero-order chi connectivity index (χ0) is 13.1. The maximum atomic E-state index is 10.8. The van der Waals surface area contributed by atoms with Gasteiger partial charge in [-0.15, -0.1) is 0 Å². The number of hydrogen-bond donors (Lipinski definition) is 3. The number of nitrogens with one attached hydrogen (secondary N) is 1. The van der Waals surface area contributed by atoms with Gasteiger partial charge in [-0.25, -0.2) is 4.18 Å². The van der Waals surface area contributed by atoms with Crippen molar-refractivity contribution >= 4 is 16.3 Å². The number of hydrogen-bond acceptors (Lipinski definition) is 6.